The minimum Gasteiger partial charge on any atom is -0.481 e. The molecule has 0 unspecified atom stereocenters. The highest BCUT2D eigenvalue weighted by Crippen LogP contribution is 2.44. The van der Waals surface area contributed by atoms with Crippen molar-refractivity contribution in [2.45, 2.75) is 191 Å². The van der Waals surface area contributed by atoms with Crippen LogP contribution in [-0.2, 0) is 37.4 Å². The average molecular weight is 753 g/mol. The summed E-state index contributed by atoms with van der Waals surface area (Å²) in [4.78, 5) is 23.1. The van der Waals surface area contributed by atoms with Crippen LogP contribution in [-0.4, -0.2) is 96.5 Å². The number of hydrogen-bond donors (Lipinski definition) is 1. The molecule has 0 aromatic heterocycles. The monoisotopic (exact) mass is 752 g/mol. The number of ether oxygens (including phenoxy) is 4. The Morgan fingerprint density at radius 2 is 1.57 bits per heavy atom. The topological polar surface area (TPSA) is 110 Å². The van der Waals surface area contributed by atoms with Crippen molar-refractivity contribution in [2.75, 3.05) is 13.7 Å². The summed E-state index contributed by atoms with van der Waals surface area (Å²) in [5.41, 5.74) is 2.12. The minimum absolute atomic E-state index is 0.00884. The quantitative estimate of drug-likeness (QED) is 0.0834. The van der Waals surface area contributed by atoms with Crippen molar-refractivity contribution in [3.05, 3.63) is 24.3 Å². The van der Waals surface area contributed by atoms with Crippen LogP contribution in [0.3, 0.4) is 0 Å². The molecule has 0 bridgehead atoms. The fraction of sp³-hybridized carbons (Fsp3) is 0.850. The predicted molar refractivity (Wildman–Crippen MR) is 208 cm³/mol. The molecule has 0 aromatic carbocycles. The Labute approximate surface area is 311 Å². The summed E-state index contributed by atoms with van der Waals surface area (Å²) in [6.45, 7) is 33.8. The van der Waals surface area contributed by atoms with Gasteiger partial charge in [-0.25, -0.2) is 0 Å². The number of aldehydes is 1. The molecule has 3 rings (SSSR count). The highest BCUT2D eigenvalue weighted by atomic mass is 28.4. The molecule has 0 aromatic rings. The molecule has 1 N–H and O–H groups in total. The van der Waals surface area contributed by atoms with E-state index >= 15 is 0 Å². The van der Waals surface area contributed by atoms with Gasteiger partial charge < -0.3 is 37.7 Å². The number of rotatable bonds is 18. The molecule has 3 fully saturated rings. The van der Waals surface area contributed by atoms with Crippen LogP contribution >= 0.6 is 0 Å². The Balaban J connectivity index is 1.78. The first kappa shape index (κ1) is 44.2. The van der Waals surface area contributed by atoms with Gasteiger partial charge in [0.2, 0.25) is 0 Å². The van der Waals surface area contributed by atoms with Crippen LogP contribution in [0.2, 0.25) is 36.3 Å². The van der Waals surface area contributed by atoms with E-state index in [2.05, 4.69) is 87.8 Å². The summed E-state index contributed by atoms with van der Waals surface area (Å²) in [6, 6.07) is 0. The second kappa shape index (κ2) is 18.0. The molecule has 0 radical (unpaired) electrons. The molecule has 294 valence electrons. The maximum atomic E-state index is 12.2. The van der Waals surface area contributed by atoms with Gasteiger partial charge in [0, 0.05) is 32.3 Å². The molecule has 3 saturated heterocycles. The Bertz CT molecular complexity index is 1190. The zero-order valence-electron chi connectivity index (χ0n) is 34.0. The van der Waals surface area contributed by atoms with Crippen LogP contribution in [0.15, 0.2) is 24.3 Å². The minimum atomic E-state index is -2.18. The van der Waals surface area contributed by atoms with Crippen molar-refractivity contribution in [1.29, 1.82) is 0 Å². The summed E-state index contributed by atoms with van der Waals surface area (Å²) < 4.78 is 39.7. The van der Waals surface area contributed by atoms with E-state index in [9.17, 15) is 14.7 Å². The zero-order valence-corrected chi connectivity index (χ0v) is 36.0. The van der Waals surface area contributed by atoms with Gasteiger partial charge in [0.25, 0.3) is 0 Å². The smallest absolute Gasteiger partial charge is 0.303 e. The van der Waals surface area contributed by atoms with E-state index in [0.717, 1.165) is 49.5 Å². The lowest BCUT2D eigenvalue weighted by molar-refractivity contribution is -0.139. The number of carbonyl (C=O) groups is 2. The van der Waals surface area contributed by atoms with Crippen molar-refractivity contribution < 1.29 is 42.5 Å². The van der Waals surface area contributed by atoms with Crippen LogP contribution in [0.5, 0.6) is 0 Å². The molecule has 0 aliphatic carbocycles. The van der Waals surface area contributed by atoms with Gasteiger partial charge in [-0.2, -0.15) is 0 Å². The van der Waals surface area contributed by atoms with Gasteiger partial charge in [-0.1, -0.05) is 61.6 Å². The maximum Gasteiger partial charge on any atom is 0.303 e. The van der Waals surface area contributed by atoms with E-state index in [0.29, 0.717) is 25.9 Å². The zero-order chi connectivity index (χ0) is 38.5. The van der Waals surface area contributed by atoms with Gasteiger partial charge in [0.05, 0.1) is 61.9 Å². The lowest BCUT2D eigenvalue weighted by Crippen LogP contribution is -2.49. The summed E-state index contributed by atoms with van der Waals surface area (Å²) in [5, 5.41) is 10.1. The first-order valence-corrected chi connectivity index (χ1v) is 25.1. The SMILES string of the molecule is C=C1C[C@H](CCC=O)O[C@H]1CC[C@H]1C[C@@H](C)C(=C)[C@@H](C[C@@H]2O[C@H](C[C@@H](CO[Si](C)(C)C(C)(C)C)O[Si](C)(C)C(C)(C)C)[C@H](OC)[C@H]2CC(=O)O)O1. The van der Waals surface area contributed by atoms with Crippen LogP contribution in [0, 0.1) is 11.8 Å². The molecule has 51 heavy (non-hydrogen) atoms. The molecule has 3 heterocycles. The second-order valence-corrected chi connectivity index (χ2v) is 28.2. The summed E-state index contributed by atoms with van der Waals surface area (Å²) in [5.74, 6) is -0.965. The maximum absolute atomic E-state index is 12.2. The third-order valence-electron chi connectivity index (χ3n) is 12.6. The number of carboxylic acid groups (broad SMARTS) is 1. The van der Waals surface area contributed by atoms with Crippen molar-refractivity contribution in [3.8, 4) is 0 Å². The Morgan fingerprint density at radius 1 is 0.941 bits per heavy atom. The number of carbonyl (C=O) groups excluding carboxylic acids is 1. The van der Waals surface area contributed by atoms with E-state index < -0.39 is 28.7 Å². The Hall–Kier alpha value is -1.19. The van der Waals surface area contributed by atoms with Gasteiger partial charge in [-0.05, 0) is 85.4 Å². The Morgan fingerprint density at radius 3 is 2.14 bits per heavy atom. The first-order chi connectivity index (χ1) is 23.5. The van der Waals surface area contributed by atoms with Crippen LogP contribution in [0.1, 0.15) is 106 Å². The highest BCUT2D eigenvalue weighted by Gasteiger charge is 2.49. The average Bonchev–Trinajstić information content (AvgIpc) is 3.52. The van der Waals surface area contributed by atoms with E-state index in [-0.39, 0.29) is 71.1 Å². The molecule has 10 atom stereocenters. The second-order valence-electron chi connectivity index (χ2n) is 18.6. The van der Waals surface area contributed by atoms with E-state index in [1.807, 2.05) is 0 Å². The van der Waals surface area contributed by atoms with Crippen molar-refractivity contribution >= 4 is 28.9 Å². The predicted octanol–water partition coefficient (Wildman–Crippen LogP) is 8.87. The molecule has 11 heteroatoms. The number of methoxy groups -OCH3 is 1. The molecule has 3 aliphatic heterocycles. The van der Waals surface area contributed by atoms with Gasteiger partial charge in [-0.15, -0.1) is 0 Å². The summed E-state index contributed by atoms with van der Waals surface area (Å²) in [6.07, 6.45) is 4.94. The fourth-order valence-corrected chi connectivity index (χ4v) is 9.67. The molecule has 0 spiro atoms. The molecular formula is C40H72O9Si2. The third kappa shape index (κ3) is 11.9. The van der Waals surface area contributed by atoms with Gasteiger partial charge in [0.1, 0.15) is 6.29 Å². The van der Waals surface area contributed by atoms with Crippen LogP contribution in [0.4, 0.5) is 0 Å². The van der Waals surface area contributed by atoms with E-state index in [1.54, 1.807) is 7.11 Å². The lowest BCUT2D eigenvalue weighted by Gasteiger charge is -2.42. The van der Waals surface area contributed by atoms with Crippen LogP contribution < -0.4 is 0 Å². The first-order valence-electron chi connectivity index (χ1n) is 19.3. The number of aliphatic carboxylic acids is 1. The lowest BCUT2D eigenvalue weighted by atomic mass is 9.82. The largest absolute Gasteiger partial charge is 0.481 e. The molecule has 0 amide bonds. The molecule has 9 nitrogen and oxygen atoms in total. The molecular weight excluding hydrogens is 681 g/mol. The van der Waals surface area contributed by atoms with Gasteiger partial charge >= 0.3 is 5.97 Å². The van der Waals surface area contributed by atoms with E-state index in [4.69, 9.17) is 27.8 Å². The normalized spacial score (nSPS) is 31.6. The summed E-state index contributed by atoms with van der Waals surface area (Å²) >= 11 is 0. The van der Waals surface area contributed by atoms with Gasteiger partial charge in [0.15, 0.2) is 16.6 Å². The number of hydrogen-bond acceptors (Lipinski definition) is 8. The fourth-order valence-electron chi connectivity index (χ4n) is 7.28. The highest BCUT2D eigenvalue weighted by molar-refractivity contribution is 6.74. The molecule has 3 aliphatic rings. The standard InChI is InChI=1S/C40H72O9Si2/c1-26-20-30(17-18-33-27(2)21-29(46-33)16-15-19-41)47-34(28(26)3)24-35-32(23-37(42)43)38(44-10)36(48-35)22-31(49-51(13,14)40(7,8)9)25-45-50(11,12)39(4,5)6/h19,26,29-36,38H,2-3,15-18,20-25H2,1,4-14H3,(H,42,43)/t26-,29+,30+,31+,32+,33+,34-,35+,36-,38-/m1/s1. The summed E-state index contributed by atoms with van der Waals surface area (Å²) in [7, 11) is -2.59. The number of carboxylic acids is 1. The van der Waals surface area contributed by atoms with Crippen molar-refractivity contribution in [1.82, 2.24) is 0 Å². The van der Waals surface area contributed by atoms with Crippen LogP contribution in [0.25, 0.3) is 0 Å². The van der Waals surface area contributed by atoms with Crippen molar-refractivity contribution in [2.24, 2.45) is 11.8 Å². The van der Waals surface area contributed by atoms with Gasteiger partial charge in [-0.3, -0.25) is 4.79 Å². The third-order valence-corrected chi connectivity index (χ3v) is 21.7. The van der Waals surface area contributed by atoms with E-state index in [1.165, 1.54) is 0 Å². The Kier molecular flexibility index (Phi) is 15.6. The molecule has 0 saturated carbocycles. The van der Waals surface area contributed by atoms with Crippen molar-refractivity contribution in [3.63, 3.8) is 0 Å².